The highest BCUT2D eigenvalue weighted by atomic mass is 16.5. The lowest BCUT2D eigenvalue weighted by molar-refractivity contribution is -0.0779. The molecule has 2 atom stereocenters. The van der Waals surface area contributed by atoms with Crippen LogP contribution in [0.5, 0.6) is 0 Å². The fourth-order valence-corrected chi connectivity index (χ4v) is 1.82. The first kappa shape index (κ1) is 12.4. The Hall–Kier alpha value is -0.630. The van der Waals surface area contributed by atoms with E-state index in [0.717, 1.165) is 25.9 Å². The van der Waals surface area contributed by atoms with Crippen molar-refractivity contribution in [3.05, 3.63) is 0 Å². The van der Waals surface area contributed by atoms with Crippen LogP contribution in [0, 0.1) is 11.3 Å². The lowest BCUT2D eigenvalue weighted by atomic mass is 10.1. The summed E-state index contributed by atoms with van der Waals surface area (Å²) in [5.74, 6) is 0. The second-order valence-corrected chi connectivity index (χ2v) is 4.10. The molecule has 0 aromatic carbocycles. The van der Waals surface area contributed by atoms with Crippen LogP contribution in [-0.4, -0.2) is 48.5 Å². The highest BCUT2D eigenvalue weighted by Crippen LogP contribution is 2.12. The zero-order valence-corrected chi connectivity index (χ0v) is 9.35. The summed E-state index contributed by atoms with van der Waals surface area (Å²) in [7, 11) is 0. The number of morpholine rings is 1. The molecule has 4 heteroatoms. The lowest BCUT2D eigenvalue weighted by Gasteiger charge is -2.37. The molecule has 1 N–H and O–H groups in total. The van der Waals surface area contributed by atoms with E-state index < -0.39 is 0 Å². The van der Waals surface area contributed by atoms with E-state index in [1.54, 1.807) is 0 Å². The maximum absolute atomic E-state index is 9.01. The van der Waals surface area contributed by atoms with Crippen molar-refractivity contribution in [2.75, 3.05) is 26.3 Å². The van der Waals surface area contributed by atoms with Gasteiger partial charge in [-0.05, 0) is 26.3 Å². The predicted octanol–water partition coefficient (Wildman–Crippen LogP) is 0.762. The summed E-state index contributed by atoms with van der Waals surface area (Å²) in [6.07, 6.45) is 2.62. The number of hydrogen-bond donors (Lipinski definition) is 1. The summed E-state index contributed by atoms with van der Waals surface area (Å²) in [5.41, 5.74) is 0. The highest BCUT2D eigenvalue weighted by Gasteiger charge is 2.24. The minimum atomic E-state index is -0.0304. The third kappa shape index (κ3) is 4.17. The minimum Gasteiger partial charge on any atom is -0.394 e. The number of nitriles is 1. The molecule has 1 rings (SSSR count). The van der Waals surface area contributed by atoms with Gasteiger partial charge in [0.25, 0.3) is 0 Å². The summed E-state index contributed by atoms with van der Waals surface area (Å²) < 4.78 is 5.45. The summed E-state index contributed by atoms with van der Waals surface area (Å²) >= 11 is 0. The first-order valence-electron chi connectivity index (χ1n) is 5.61. The Labute approximate surface area is 91.4 Å². The van der Waals surface area contributed by atoms with E-state index in [0.29, 0.717) is 19.1 Å². The van der Waals surface area contributed by atoms with Gasteiger partial charge in [0.05, 0.1) is 25.4 Å². The minimum absolute atomic E-state index is 0.0304. The van der Waals surface area contributed by atoms with Gasteiger partial charge in [0.1, 0.15) is 0 Å². The highest BCUT2D eigenvalue weighted by molar-refractivity contribution is 4.77. The molecule has 1 aliphatic rings. The van der Waals surface area contributed by atoms with E-state index in [4.69, 9.17) is 15.1 Å². The van der Waals surface area contributed by atoms with Crippen molar-refractivity contribution in [3.8, 4) is 6.07 Å². The van der Waals surface area contributed by atoms with Gasteiger partial charge in [-0.1, -0.05) is 0 Å². The third-order valence-corrected chi connectivity index (χ3v) is 2.82. The number of rotatable bonds is 5. The Kier molecular flexibility index (Phi) is 5.62. The lowest BCUT2D eigenvalue weighted by Crippen LogP contribution is -2.49. The van der Waals surface area contributed by atoms with Crippen molar-refractivity contribution < 1.29 is 9.84 Å². The number of hydrogen-bond acceptors (Lipinski definition) is 4. The number of nitrogens with zero attached hydrogens (tertiary/aromatic N) is 2. The molecule has 0 radical (unpaired) electrons. The van der Waals surface area contributed by atoms with Crippen LogP contribution in [0.1, 0.15) is 26.2 Å². The SMILES string of the molecule is CC1COC(CO)CN1CCCCC#N. The topological polar surface area (TPSA) is 56.5 Å². The maximum atomic E-state index is 9.01. The molecule has 1 heterocycles. The van der Waals surface area contributed by atoms with E-state index in [9.17, 15) is 0 Å². The molecule has 0 bridgehead atoms. The Morgan fingerprint density at radius 1 is 1.53 bits per heavy atom. The van der Waals surface area contributed by atoms with Crippen LogP contribution in [-0.2, 0) is 4.74 Å². The Bertz CT molecular complexity index is 215. The van der Waals surface area contributed by atoms with Gasteiger partial charge in [-0.25, -0.2) is 0 Å². The average molecular weight is 212 g/mol. The molecule has 86 valence electrons. The van der Waals surface area contributed by atoms with E-state index in [2.05, 4.69) is 17.9 Å². The standard InChI is InChI=1S/C11H20N2O2/c1-10-9-15-11(8-14)7-13(10)6-4-2-3-5-12/h10-11,14H,2-4,6-9H2,1H3. The van der Waals surface area contributed by atoms with Crippen LogP contribution >= 0.6 is 0 Å². The largest absolute Gasteiger partial charge is 0.394 e. The Morgan fingerprint density at radius 2 is 2.33 bits per heavy atom. The second kappa shape index (κ2) is 6.78. The molecule has 0 saturated carbocycles. The summed E-state index contributed by atoms with van der Waals surface area (Å²) in [6, 6.07) is 2.58. The number of aliphatic hydroxyl groups is 1. The van der Waals surface area contributed by atoms with E-state index >= 15 is 0 Å². The summed E-state index contributed by atoms with van der Waals surface area (Å²) in [6.45, 7) is 4.75. The number of ether oxygens (including phenoxy) is 1. The van der Waals surface area contributed by atoms with E-state index in [1.165, 1.54) is 0 Å². The molecule has 2 unspecified atom stereocenters. The monoisotopic (exact) mass is 212 g/mol. The van der Waals surface area contributed by atoms with Crippen molar-refractivity contribution in [1.82, 2.24) is 4.90 Å². The fourth-order valence-electron chi connectivity index (χ4n) is 1.82. The van der Waals surface area contributed by atoms with Crippen LogP contribution in [0.2, 0.25) is 0 Å². The summed E-state index contributed by atoms with van der Waals surface area (Å²) in [4.78, 5) is 2.34. The molecule has 0 aromatic rings. The average Bonchev–Trinajstić information content (AvgIpc) is 2.26. The number of aliphatic hydroxyl groups excluding tert-OH is 1. The normalized spacial score (nSPS) is 27.5. The van der Waals surface area contributed by atoms with Crippen LogP contribution in [0.4, 0.5) is 0 Å². The van der Waals surface area contributed by atoms with Crippen LogP contribution in [0.3, 0.4) is 0 Å². The fraction of sp³-hybridized carbons (Fsp3) is 0.909. The molecule has 1 fully saturated rings. The van der Waals surface area contributed by atoms with Gasteiger partial charge in [0.2, 0.25) is 0 Å². The molecule has 15 heavy (non-hydrogen) atoms. The van der Waals surface area contributed by atoms with Crippen molar-refractivity contribution in [2.24, 2.45) is 0 Å². The Balaban J connectivity index is 2.22. The zero-order chi connectivity index (χ0) is 11.1. The molecule has 1 saturated heterocycles. The quantitative estimate of drug-likeness (QED) is 0.684. The van der Waals surface area contributed by atoms with Crippen molar-refractivity contribution in [3.63, 3.8) is 0 Å². The molecule has 0 aromatic heterocycles. The van der Waals surface area contributed by atoms with E-state index in [1.807, 2.05) is 0 Å². The molecule has 0 amide bonds. The van der Waals surface area contributed by atoms with Gasteiger partial charge in [0.15, 0.2) is 0 Å². The second-order valence-electron chi connectivity index (χ2n) is 4.10. The van der Waals surface area contributed by atoms with Gasteiger partial charge in [-0.2, -0.15) is 5.26 Å². The number of unbranched alkanes of at least 4 members (excludes halogenated alkanes) is 2. The molecular weight excluding hydrogens is 192 g/mol. The predicted molar refractivity (Wildman–Crippen MR) is 57.3 cm³/mol. The van der Waals surface area contributed by atoms with Crippen LogP contribution in [0.15, 0.2) is 0 Å². The first-order valence-corrected chi connectivity index (χ1v) is 5.61. The van der Waals surface area contributed by atoms with Gasteiger partial charge in [-0.15, -0.1) is 0 Å². The van der Waals surface area contributed by atoms with Gasteiger partial charge < -0.3 is 9.84 Å². The molecule has 1 aliphatic heterocycles. The van der Waals surface area contributed by atoms with Crippen LogP contribution in [0.25, 0.3) is 0 Å². The smallest absolute Gasteiger partial charge is 0.0933 e. The van der Waals surface area contributed by atoms with Gasteiger partial charge in [-0.3, -0.25) is 4.90 Å². The maximum Gasteiger partial charge on any atom is 0.0933 e. The zero-order valence-electron chi connectivity index (χ0n) is 9.35. The van der Waals surface area contributed by atoms with Gasteiger partial charge in [0, 0.05) is 19.0 Å². The Morgan fingerprint density at radius 3 is 3.00 bits per heavy atom. The molecule has 0 aliphatic carbocycles. The van der Waals surface area contributed by atoms with Crippen molar-refractivity contribution in [2.45, 2.75) is 38.3 Å². The molecule has 4 nitrogen and oxygen atoms in total. The molecular formula is C11H20N2O2. The third-order valence-electron chi connectivity index (χ3n) is 2.82. The first-order chi connectivity index (χ1) is 7.27. The van der Waals surface area contributed by atoms with E-state index in [-0.39, 0.29) is 12.7 Å². The van der Waals surface area contributed by atoms with Gasteiger partial charge >= 0.3 is 0 Å². The van der Waals surface area contributed by atoms with Crippen molar-refractivity contribution >= 4 is 0 Å². The van der Waals surface area contributed by atoms with Crippen molar-refractivity contribution in [1.29, 1.82) is 5.26 Å². The van der Waals surface area contributed by atoms with Crippen LogP contribution < -0.4 is 0 Å². The molecule has 0 spiro atoms. The summed E-state index contributed by atoms with van der Waals surface area (Å²) in [5, 5.41) is 17.4.